The van der Waals surface area contributed by atoms with Crippen molar-refractivity contribution < 1.29 is 9.53 Å². The van der Waals surface area contributed by atoms with Gasteiger partial charge in [-0.25, -0.2) is 4.79 Å². The van der Waals surface area contributed by atoms with Crippen molar-refractivity contribution in [2.45, 2.75) is 0 Å². The molecule has 0 aliphatic carbocycles. The first-order valence-corrected chi connectivity index (χ1v) is 6.32. The van der Waals surface area contributed by atoms with Gasteiger partial charge in [0, 0.05) is 5.75 Å². The van der Waals surface area contributed by atoms with Gasteiger partial charge in [0.25, 0.3) is 0 Å². The molecule has 2 aromatic carbocycles. The molecular weight excluding hydrogens is 244 g/mol. The van der Waals surface area contributed by atoms with Gasteiger partial charge in [0.1, 0.15) is 6.61 Å². The lowest BCUT2D eigenvalue weighted by Gasteiger charge is -2.05. The van der Waals surface area contributed by atoms with Gasteiger partial charge in [0.15, 0.2) is 0 Å². The van der Waals surface area contributed by atoms with E-state index in [9.17, 15) is 4.79 Å². The average Bonchev–Trinajstić information content (AvgIpc) is 2.43. The molecule has 0 saturated carbocycles. The molecule has 92 valence electrons. The van der Waals surface area contributed by atoms with Crippen LogP contribution >= 0.6 is 12.6 Å². The van der Waals surface area contributed by atoms with Crippen LogP contribution in [0.2, 0.25) is 0 Å². The largest absolute Gasteiger partial charge is 0.461 e. The van der Waals surface area contributed by atoms with Crippen LogP contribution in [-0.4, -0.2) is 18.3 Å². The Balaban J connectivity index is 2.33. The van der Waals surface area contributed by atoms with Crippen molar-refractivity contribution in [2.75, 3.05) is 12.4 Å². The molecule has 0 aliphatic heterocycles. The summed E-state index contributed by atoms with van der Waals surface area (Å²) in [4.78, 5) is 11.7. The first kappa shape index (κ1) is 12.7. The Morgan fingerprint density at radius 2 is 1.94 bits per heavy atom. The number of benzene rings is 2. The number of thiol groups is 1. The Kier molecular flexibility index (Phi) is 4.05. The van der Waals surface area contributed by atoms with Crippen molar-refractivity contribution in [1.82, 2.24) is 0 Å². The summed E-state index contributed by atoms with van der Waals surface area (Å²) >= 11 is 4.00. The molecule has 0 aliphatic rings. The lowest BCUT2D eigenvalue weighted by atomic mass is 10.0. The predicted octanol–water partition coefficient (Wildman–Crippen LogP) is 3.57. The number of rotatable bonds is 4. The molecular formula is C15H14O2S. The second kappa shape index (κ2) is 5.74. The van der Waals surface area contributed by atoms with E-state index in [0.29, 0.717) is 17.9 Å². The number of ether oxygens (including phenoxy) is 1. The van der Waals surface area contributed by atoms with E-state index in [1.165, 1.54) is 0 Å². The minimum atomic E-state index is -0.307. The summed E-state index contributed by atoms with van der Waals surface area (Å²) in [6.07, 6.45) is 1.80. The Labute approximate surface area is 112 Å². The summed E-state index contributed by atoms with van der Waals surface area (Å²) in [6, 6.07) is 11.5. The fraction of sp³-hybridized carbons (Fsp3) is 0.133. The third-order valence-electron chi connectivity index (χ3n) is 2.66. The van der Waals surface area contributed by atoms with Crippen molar-refractivity contribution in [1.29, 1.82) is 0 Å². The van der Waals surface area contributed by atoms with Crippen LogP contribution in [0.3, 0.4) is 0 Å². The third-order valence-corrected chi connectivity index (χ3v) is 2.84. The van der Waals surface area contributed by atoms with E-state index in [0.717, 1.165) is 16.3 Å². The number of hydrogen-bond acceptors (Lipinski definition) is 3. The van der Waals surface area contributed by atoms with Gasteiger partial charge in [0.05, 0.1) is 5.56 Å². The zero-order valence-corrected chi connectivity index (χ0v) is 10.8. The summed E-state index contributed by atoms with van der Waals surface area (Å²) < 4.78 is 5.04. The molecule has 0 spiro atoms. The molecule has 2 aromatic rings. The molecule has 0 N–H and O–H groups in total. The Morgan fingerprint density at radius 3 is 2.67 bits per heavy atom. The van der Waals surface area contributed by atoms with Gasteiger partial charge < -0.3 is 4.74 Å². The highest BCUT2D eigenvalue weighted by Gasteiger charge is 2.07. The molecule has 0 fully saturated rings. The van der Waals surface area contributed by atoms with Gasteiger partial charge in [-0.15, -0.1) is 0 Å². The summed E-state index contributed by atoms with van der Waals surface area (Å²) in [7, 11) is 0. The van der Waals surface area contributed by atoms with Gasteiger partial charge in [-0.3, -0.25) is 0 Å². The lowest BCUT2D eigenvalue weighted by molar-refractivity contribution is 0.0531. The number of hydrogen-bond donors (Lipinski definition) is 1. The predicted molar refractivity (Wildman–Crippen MR) is 78.2 cm³/mol. The number of esters is 1. The van der Waals surface area contributed by atoms with E-state index < -0.39 is 0 Å². The molecule has 3 heteroatoms. The van der Waals surface area contributed by atoms with Crippen LogP contribution in [0.5, 0.6) is 0 Å². The first-order chi connectivity index (χ1) is 8.74. The highest BCUT2D eigenvalue weighted by Crippen LogP contribution is 2.19. The molecule has 0 heterocycles. The minimum Gasteiger partial charge on any atom is -0.461 e. The van der Waals surface area contributed by atoms with E-state index in [4.69, 9.17) is 4.74 Å². The zero-order valence-electron chi connectivity index (χ0n) is 9.93. The maximum absolute atomic E-state index is 11.7. The third kappa shape index (κ3) is 2.74. The van der Waals surface area contributed by atoms with Crippen molar-refractivity contribution in [2.24, 2.45) is 0 Å². The van der Waals surface area contributed by atoms with Gasteiger partial charge in [0.2, 0.25) is 0 Å². The van der Waals surface area contributed by atoms with Crippen LogP contribution in [0, 0.1) is 0 Å². The standard InChI is InChI=1S/C15H14O2S/c1-2-11-3-4-13-10-14(6-5-12(13)9-11)15(16)17-7-8-18/h2-6,9-10,18H,1,7-8H2. The minimum absolute atomic E-state index is 0.307. The van der Waals surface area contributed by atoms with Crippen LogP contribution < -0.4 is 0 Å². The van der Waals surface area contributed by atoms with E-state index in [2.05, 4.69) is 19.2 Å². The lowest BCUT2D eigenvalue weighted by Crippen LogP contribution is -2.06. The summed E-state index contributed by atoms with van der Waals surface area (Å²) in [5, 5.41) is 2.10. The molecule has 18 heavy (non-hydrogen) atoms. The fourth-order valence-corrected chi connectivity index (χ4v) is 1.83. The van der Waals surface area contributed by atoms with E-state index in [1.54, 1.807) is 12.1 Å². The highest BCUT2D eigenvalue weighted by molar-refractivity contribution is 7.80. The van der Waals surface area contributed by atoms with Crippen LogP contribution in [-0.2, 0) is 4.74 Å². The molecule has 2 rings (SSSR count). The number of carbonyl (C=O) groups is 1. The fourth-order valence-electron chi connectivity index (χ4n) is 1.74. The maximum atomic E-state index is 11.7. The van der Waals surface area contributed by atoms with Crippen molar-refractivity contribution in [3.8, 4) is 0 Å². The quantitative estimate of drug-likeness (QED) is 0.670. The highest BCUT2D eigenvalue weighted by atomic mass is 32.1. The van der Waals surface area contributed by atoms with Crippen molar-refractivity contribution >= 4 is 35.4 Å². The van der Waals surface area contributed by atoms with Gasteiger partial charge in [-0.1, -0.05) is 30.9 Å². The number of carbonyl (C=O) groups excluding carboxylic acids is 1. The smallest absolute Gasteiger partial charge is 0.338 e. The SMILES string of the molecule is C=Cc1ccc2cc(C(=O)OCCS)ccc2c1. The molecule has 0 saturated heterocycles. The van der Waals surface area contributed by atoms with Crippen LogP contribution in [0.1, 0.15) is 15.9 Å². The van der Waals surface area contributed by atoms with Gasteiger partial charge in [-0.05, 0) is 34.5 Å². The molecule has 0 bridgehead atoms. The van der Waals surface area contributed by atoms with E-state index >= 15 is 0 Å². The van der Waals surface area contributed by atoms with Gasteiger partial charge >= 0.3 is 5.97 Å². The van der Waals surface area contributed by atoms with Gasteiger partial charge in [-0.2, -0.15) is 12.6 Å². The Hall–Kier alpha value is -1.74. The average molecular weight is 258 g/mol. The van der Waals surface area contributed by atoms with E-state index in [1.807, 2.05) is 30.3 Å². The topological polar surface area (TPSA) is 26.3 Å². The van der Waals surface area contributed by atoms with Crippen LogP contribution in [0.4, 0.5) is 0 Å². The van der Waals surface area contributed by atoms with Crippen LogP contribution in [0.25, 0.3) is 16.8 Å². The normalized spacial score (nSPS) is 10.3. The Morgan fingerprint density at radius 1 is 1.22 bits per heavy atom. The molecule has 0 atom stereocenters. The monoisotopic (exact) mass is 258 g/mol. The second-order valence-electron chi connectivity index (χ2n) is 3.89. The molecule has 0 aromatic heterocycles. The molecule has 2 nitrogen and oxygen atoms in total. The Bertz CT molecular complexity index is 590. The van der Waals surface area contributed by atoms with E-state index in [-0.39, 0.29) is 5.97 Å². The second-order valence-corrected chi connectivity index (χ2v) is 4.33. The van der Waals surface area contributed by atoms with Crippen molar-refractivity contribution in [3.05, 3.63) is 54.1 Å². The zero-order chi connectivity index (χ0) is 13.0. The summed E-state index contributed by atoms with van der Waals surface area (Å²) in [5.74, 6) is 0.223. The summed E-state index contributed by atoms with van der Waals surface area (Å²) in [5.41, 5.74) is 1.63. The van der Waals surface area contributed by atoms with Crippen LogP contribution in [0.15, 0.2) is 43.0 Å². The number of fused-ring (bicyclic) bond motifs is 1. The maximum Gasteiger partial charge on any atom is 0.338 e. The molecule has 0 radical (unpaired) electrons. The summed E-state index contributed by atoms with van der Waals surface area (Å²) in [6.45, 7) is 4.06. The first-order valence-electron chi connectivity index (χ1n) is 5.69. The molecule has 0 unspecified atom stereocenters. The van der Waals surface area contributed by atoms with Crippen molar-refractivity contribution in [3.63, 3.8) is 0 Å². The molecule has 0 amide bonds.